The predicted octanol–water partition coefficient (Wildman–Crippen LogP) is 4.41. The number of nitro groups is 1. The van der Waals surface area contributed by atoms with Crippen LogP contribution >= 0.6 is 0 Å². The van der Waals surface area contributed by atoms with Crippen molar-refractivity contribution in [2.45, 2.75) is 64.2 Å². The van der Waals surface area contributed by atoms with E-state index in [9.17, 15) is 14.9 Å². The summed E-state index contributed by atoms with van der Waals surface area (Å²) in [4.78, 5) is 23.3. The summed E-state index contributed by atoms with van der Waals surface area (Å²) in [5, 5.41) is 14.7. The Morgan fingerprint density at radius 3 is 2.57 bits per heavy atom. The van der Waals surface area contributed by atoms with Gasteiger partial charge in [0.05, 0.1) is 17.7 Å². The van der Waals surface area contributed by atoms with E-state index in [1.807, 2.05) is 0 Å². The van der Waals surface area contributed by atoms with Crippen molar-refractivity contribution in [3.8, 4) is 0 Å². The lowest BCUT2D eigenvalue weighted by Crippen LogP contribution is -2.58. The summed E-state index contributed by atoms with van der Waals surface area (Å²) >= 11 is 0. The molecule has 0 spiro atoms. The fourth-order valence-corrected chi connectivity index (χ4v) is 7.40. The first kappa shape index (κ1) is 17.9. The first-order valence-corrected chi connectivity index (χ1v) is 10.6. The number of carbonyl (C=O) groups excluding carboxylic acids is 1. The molecule has 28 heavy (non-hydrogen) atoms. The largest absolute Gasteiger partial charge is 0.433 e. The summed E-state index contributed by atoms with van der Waals surface area (Å²) in [6.45, 7) is 0. The summed E-state index contributed by atoms with van der Waals surface area (Å²) in [5.41, 5.74) is 2.83. The van der Waals surface area contributed by atoms with Crippen LogP contribution in [0.15, 0.2) is 21.7 Å². The van der Waals surface area contributed by atoms with Crippen LogP contribution < -0.4 is 5.43 Å². The van der Waals surface area contributed by atoms with Crippen LogP contribution in [-0.2, 0) is 4.79 Å². The highest BCUT2D eigenvalue weighted by Crippen LogP contribution is 2.69. The van der Waals surface area contributed by atoms with Crippen molar-refractivity contribution >= 4 is 18.0 Å². The highest BCUT2D eigenvalue weighted by Gasteiger charge is 2.62. The van der Waals surface area contributed by atoms with E-state index in [1.165, 1.54) is 63.3 Å². The monoisotopic (exact) mass is 385 g/mol. The number of hydrogen-bond acceptors (Lipinski definition) is 5. The highest BCUT2D eigenvalue weighted by molar-refractivity contribution is 5.85. The summed E-state index contributed by atoms with van der Waals surface area (Å²) in [6.07, 6.45) is 13.7. The molecule has 7 heteroatoms. The lowest BCUT2D eigenvalue weighted by Gasteiger charge is -2.63. The van der Waals surface area contributed by atoms with Gasteiger partial charge in [-0.3, -0.25) is 14.9 Å². The predicted molar refractivity (Wildman–Crippen MR) is 103 cm³/mol. The van der Waals surface area contributed by atoms with Crippen LogP contribution in [0.4, 0.5) is 5.88 Å². The number of rotatable bonds is 5. The summed E-state index contributed by atoms with van der Waals surface area (Å²) in [5.74, 6) is 2.14. The van der Waals surface area contributed by atoms with Crippen LogP contribution in [-0.4, -0.2) is 17.0 Å². The van der Waals surface area contributed by atoms with E-state index in [4.69, 9.17) is 4.42 Å². The molecule has 1 N–H and O–H groups in total. The molecule has 5 aliphatic rings. The highest BCUT2D eigenvalue weighted by atomic mass is 16.6. The molecule has 5 fully saturated rings. The fourth-order valence-electron chi connectivity index (χ4n) is 7.40. The Morgan fingerprint density at radius 2 is 1.93 bits per heavy atom. The number of nitrogens with zero attached hydrogens (tertiary/aromatic N) is 2. The molecule has 150 valence electrons. The van der Waals surface area contributed by atoms with Crippen LogP contribution in [0.5, 0.6) is 0 Å². The van der Waals surface area contributed by atoms with E-state index in [-0.39, 0.29) is 23.0 Å². The van der Waals surface area contributed by atoms with E-state index in [0.717, 1.165) is 25.2 Å². The molecule has 4 atom stereocenters. The van der Waals surface area contributed by atoms with Crippen LogP contribution in [0.3, 0.4) is 0 Å². The maximum atomic E-state index is 13.2. The van der Waals surface area contributed by atoms with Gasteiger partial charge in [0.15, 0.2) is 5.76 Å². The van der Waals surface area contributed by atoms with Gasteiger partial charge >= 0.3 is 5.88 Å². The second-order valence-corrected chi connectivity index (χ2v) is 9.72. The zero-order chi connectivity index (χ0) is 19.4. The Balaban J connectivity index is 1.31. The zero-order valence-corrected chi connectivity index (χ0v) is 16.1. The molecule has 0 aromatic carbocycles. The number of hydrazone groups is 1. The van der Waals surface area contributed by atoms with Crippen LogP contribution in [0, 0.1) is 38.7 Å². The number of nitrogens with one attached hydrogen (secondary N) is 1. The van der Waals surface area contributed by atoms with Crippen molar-refractivity contribution in [1.29, 1.82) is 0 Å². The lowest BCUT2D eigenvalue weighted by atomic mass is 9.41. The van der Waals surface area contributed by atoms with E-state index < -0.39 is 4.92 Å². The van der Waals surface area contributed by atoms with Gasteiger partial charge in [0.25, 0.3) is 0 Å². The van der Waals surface area contributed by atoms with Crippen molar-refractivity contribution < 1.29 is 14.1 Å². The third kappa shape index (κ3) is 2.86. The minimum atomic E-state index is -0.589. The Hall–Kier alpha value is -2.18. The van der Waals surface area contributed by atoms with Crippen molar-refractivity contribution in [3.05, 3.63) is 28.0 Å². The average Bonchev–Trinajstić information content (AvgIpc) is 3.33. The SMILES string of the molecule is O=C(N/N=C/c1ccc([N+](=O)[O-])o1)C12C[C@H]3C[C@@H](C1)CC(C1CCCC1)(C3)C2. The van der Waals surface area contributed by atoms with Gasteiger partial charge in [0.2, 0.25) is 5.91 Å². The minimum Gasteiger partial charge on any atom is -0.400 e. The molecule has 6 rings (SSSR count). The molecule has 7 nitrogen and oxygen atoms in total. The van der Waals surface area contributed by atoms with Gasteiger partial charge in [-0.1, -0.05) is 12.8 Å². The summed E-state index contributed by atoms with van der Waals surface area (Å²) in [6, 6.07) is 2.77. The van der Waals surface area contributed by atoms with Gasteiger partial charge in [-0.05, 0) is 80.6 Å². The number of amides is 1. The maximum absolute atomic E-state index is 13.2. The molecular formula is C21H27N3O4. The van der Waals surface area contributed by atoms with Crippen molar-refractivity contribution in [2.24, 2.45) is 33.7 Å². The first-order chi connectivity index (χ1) is 13.5. The molecule has 1 amide bonds. The van der Waals surface area contributed by atoms with Gasteiger partial charge in [0.1, 0.15) is 4.92 Å². The minimum absolute atomic E-state index is 0.0290. The van der Waals surface area contributed by atoms with E-state index >= 15 is 0 Å². The molecule has 5 aliphatic carbocycles. The molecule has 1 aromatic heterocycles. The maximum Gasteiger partial charge on any atom is 0.433 e. The molecule has 5 saturated carbocycles. The van der Waals surface area contributed by atoms with Gasteiger partial charge in [-0.2, -0.15) is 5.10 Å². The molecule has 1 heterocycles. The number of furan rings is 1. The Bertz CT molecular complexity index is 809. The summed E-state index contributed by atoms with van der Waals surface area (Å²) in [7, 11) is 0. The molecule has 0 aliphatic heterocycles. The van der Waals surface area contributed by atoms with Gasteiger partial charge in [0, 0.05) is 0 Å². The molecule has 0 radical (unpaired) electrons. The first-order valence-electron chi connectivity index (χ1n) is 10.6. The third-order valence-corrected chi connectivity index (χ3v) is 7.96. The van der Waals surface area contributed by atoms with Crippen LogP contribution in [0.25, 0.3) is 0 Å². The normalized spacial score (nSPS) is 37.0. The average molecular weight is 385 g/mol. The Kier molecular flexibility index (Phi) is 4.10. The zero-order valence-electron chi connectivity index (χ0n) is 16.1. The van der Waals surface area contributed by atoms with E-state index in [2.05, 4.69) is 10.5 Å². The lowest BCUT2D eigenvalue weighted by molar-refractivity contribution is -0.402. The van der Waals surface area contributed by atoms with Gasteiger partial charge in [-0.25, -0.2) is 5.43 Å². The fraction of sp³-hybridized carbons (Fsp3) is 0.714. The second kappa shape index (κ2) is 6.42. The van der Waals surface area contributed by atoms with Crippen molar-refractivity contribution in [3.63, 3.8) is 0 Å². The smallest absolute Gasteiger partial charge is 0.400 e. The van der Waals surface area contributed by atoms with Crippen molar-refractivity contribution in [1.82, 2.24) is 5.43 Å². The standard InChI is InChI=1S/C21H27N3O4/c25-19(23-22-12-17-5-6-18(28-17)24(26)27)21-10-14-7-15(11-21)9-20(8-14,13-21)16-3-1-2-4-16/h5-6,12,14-16H,1-4,7-11,13H2,(H,23,25)/b22-12+/t14-,15+,20?,21?. The van der Waals surface area contributed by atoms with Crippen molar-refractivity contribution in [2.75, 3.05) is 0 Å². The van der Waals surface area contributed by atoms with E-state index in [1.54, 1.807) is 0 Å². The van der Waals surface area contributed by atoms with Gasteiger partial charge in [-0.15, -0.1) is 0 Å². The summed E-state index contributed by atoms with van der Waals surface area (Å²) < 4.78 is 5.06. The molecule has 4 bridgehead atoms. The molecule has 1 aromatic rings. The second-order valence-electron chi connectivity index (χ2n) is 9.72. The third-order valence-electron chi connectivity index (χ3n) is 7.96. The van der Waals surface area contributed by atoms with Crippen LogP contribution in [0.2, 0.25) is 0 Å². The molecule has 0 saturated heterocycles. The Morgan fingerprint density at radius 1 is 1.21 bits per heavy atom. The molecule has 2 unspecified atom stereocenters. The number of hydrogen-bond donors (Lipinski definition) is 1. The topological polar surface area (TPSA) is 97.7 Å². The number of carbonyl (C=O) groups is 1. The van der Waals surface area contributed by atoms with Gasteiger partial charge < -0.3 is 4.42 Å². The van der Waals surface area contributed by atoms with E-state index in [0.29, 0.717) is 17.3 Å². The molecular weight excluding hydrogens is 358 g/mol. The van der Waals surface area contributed by atoms with Crippen LogP contribution in [0.1, 0.15) is 70.0 Å². The Labute approximate surface area is 164 Å². The quantitative estimate of drug-likeness (QED) is 0.461.